The number of aromatic nitrogens is 2. The summed E-state index contributed by atoms with van der Waals surface area (Å²) in [6.07, 6.45) is 13.4. The molecule has 212 valence electrons. The molecule has 9 heteroatoms. The zero-order valence-corrected chi connectivity index (χ0v) is 23.3. The summed E-state index contributed by atoms with van der Waals surface area (Å²) in [5.74, 6) is -1.41. The van der Waals surface area contributed by atoms with Crippen molar-refractivity contribution >= 4 is 23.6 Å². The van der Waals surface area contributed by atoms with Crippen molar-refractivity contribution in [3.05, 3.63) is 100 Å². The number of nitrogens with one attached hydrogen (secondary N) is 2. The van der Waals surface area contributed by atoms with Crippen LogP contribution in [0.25, 0.3) is 11.8 Å². The van der Waals surface area contributed by atoms with E-state index in [1.54, 1.807) is 36.6 Å². The maximum Gasteiger partial charge on any atom is 0.255 e. The number of halogens is 2. The summed E-state index contributed by atoms with van der Waals surface area (Å²) in [6.45, 7) is 2.68. The molecule has 0 radical (unpaired) electrons. The van der Waals surface area contributed by atoms with Gasteiger partial charge in [0.15, 0.2) is 6.17 Å². The highest BCUT2D eigenvalue weighted by Gasteiger charge is 2.49. The summed E-state index contributed by atoms with van der Waals surface area (Å²) < 4.78 is 31.6. The number of amides is 2. The second kappa shape index (κ2) is 10.3. The first-order valence-electron chi connectivity index (χ1n) is 13.9. The van der Waals surface area contributed by atoms with E-state index in [9.17, 15) is 14.0 Å². The molecule has 7 nitrogen and oxygen atoms in total. The Kier molecular flexibility index (Phi) is 6.76. The minimum Gasteiger partial charge on any atom is -0.372 e. The second-order valence-electron chi connectivity index (χ2n) is 11.1. The van der Waals surface area contributed by atoms with Crippen molar-refractivity contribution in [1.82, 2.24) is 25.3 Å². The molecule has 1 saturated carbocycles. The van der Waals surface area contributed by atoms with Crippen LogP contribution in [0.4, 0.5) is 8.78 Å². The molecule has 2 aliphatic heterocycles. The molecule has 3 heterocycles. The lowest BCUT2D eigenvalue weighted by molar-refractivity contribution is 0.0930. The number of hydrogen-bond donors (Lipinski definition) is 2. The highest BCUT2D eigenvalue weighted by Crippen LogP contribution is 2.45. The molecule has 41 heavy (non-hydrogen) atoms. The normalized spacial score (nSPS) is 23.9. The Morgan fingerprint density at radius 3 is 2.63 bits per heavy atom. The highest BCUT2D eigenvalue weighted by molar-refractivity contribution is 6.01. The first kappa shape index (κ1) is 26.9. The second-order valence-corrected chi connectivity index (χ2v) is 11.1. The molecule has 6 rings (SSSR count). The molecule has 2 aliphatic carbocycles. The summed E-state index contributed by atoms with van der Waals surface area (Å²) in [4.78, 5) is 28.6. The maximum absolute atomic E-state index is 16.5. The minimum atomic E-state index is -1.60. The van der Waals surface area contributed by atoms with Gasteiger partial charge in [-0.1, -0.05) is 36.4 Å². The van der Waals surface area contributed by atoms with Crippen LogP contribution in [0.3, 0.4) is 0 Å². The molecule has 0 saturated heterocycles. The van der Waals surface area contributed by atoms with Crippen molar-refractivity contribution < 1.29 is 18.4 Å². The fourth-order valence-electron chi connectivity index (χ4n) is 5.98. The van der Waals surface area contributed by atoms with Crippen molar-refractivity contribution in [3.8, 4) is 0 Å². The lowest BCUT2D eigenvalue weighted by Gasteiger charge is -2.31. The van der Waals surface area contributed by atoms with Gasteiger partial charge in [-0.05, 0) is 60.8 Å². The van der Waals surface area contributed by atoms with E-state index in [0.29, 0.717) is 22.4 Å². The molecule has 2 aromatic rings. The number of likely N-dealkylation sites (N-methyl/N-ethyl adjacent to an activating group) is 1. The van der Waals surface area contributed by atoms with Gasteiger partial charge in [-0.15, -0.1) is 0 Å². The molecule has 1 fully saturated rings. The van der Waals surface area contributed by atoms with E-state index < -0.39 is 24.2 Å². The van der Waals surface area contributed by atoms with Crippen molar-refractivity contribution in [3.63, 3.8) is 0 Å². The maximum atomic E-state index is 16.5. The van der Waals surface area contributed by atoms with Crippen molar-refractivity contribution in [2.24, 2.45) is 0 Å². The van der Waals surface area contributed by atoms with Gasteiger partial charge in [-0.3, -0.25) is 9.59 Å². The Balaban J connectivity index is 1.31. The highest BCUT2D eigenvalue weighted by atomic mass is 19.1. The molecule has 3 unspecified atom stereocenters. The van der Waals surface area contributed by atoms with E-state index in [4.69, 9.17) is 0 Å². The Morgan fingerprint density at radius 2 is 1.95 bits per heavy atom. The largest absolute Gasteiger partial charge is 0.372 e. The number of benzene rings is 1. The number of carbonyl (C=O) groups is 2. The van der Waals surface area contributed by atoms with Crippen molar-refractivity contribution in [2.45, 2.75) is 50.0 Å². The Morgan fingerprint density at radius 1 is 1.15 bits per heavy atom. The third-order valence-corrected chi connectivity index (χ3v) is 8.41. The van der Waals surface area contributed by atoms with Crippen LogP contribution in [0, 0.1) is 6.92 Å². The van der Waals surface area contributed by atoms with E-state index in [1.165, 1.54) is 17.8 Å². The predicted molar refractivity (Wildman–Crippen MR) is 155 cm³/mol. The summed E-state index contributed by atoms with van der Waals surface area (Å²) in [5.41, 5.74) is 3.82. The van der Waals surface area contributed by atoms with Crippen LogP contribution in [0.2, 0.25) is 0 Å². The molecular weight excluding hydrogens is 524 g/mol. The monoisotopic (exact) mass is 557 g/mol. The number of nitrogens with zero attached hydrogens (tertiary/aromatic N) is 3. The van der Waals surface area contributed by atoms with Crippen LogP contribution >= 0.6 is 0 Å². The number of hydrogen-bond acceptors (Lipinski definition) is 4. The van der Waals surface area contributed by atoms with Crippen LogP contribution in [0.5, 0.6) is 0 Å². The Hall–Kier alpha value is -4.27. The van der Waals surface area contributed by atoms with Crippen LogP contribution in [0.15, 0.2) is 66.4 Å². The quantitative estimate of drug-likeness (QED) is 0.515. The van der Waals surface area contributed by atoms with Gasteiger partial charge < -0.3 is 15.5 Å². The lowest BCUT2D eigenvalue weighted by atomic mass is 9.85. The minimum absolute atomic E-state index is 0.128. The molecular formula is C32H33F2N5O2. The molecule has 2 N–H and O–H groups in total. The summed E-state index contributed by atoms with van der Waals surface area (Å²) >= 11 is 0. The molecule has 1 aromatic heterocycles. The molecule has 0 bridgehead atoms. The molecule has 1 aromatic carbocycles. The van der Waals surface area contributed by atoms with Crippen LogP contribution in [-0.4, -0.2) is 58.8 Å². The number of rotatable bonds is 6. The fourth-order valence-corrected chi connectivity index (χ4v) is 5.98. The van der Waals surface area contributed by atoms with Gasteiger partial charge in [-0.2, -0.15) is 5.10 Å². The average molecular weight is 558 g/mol. The smallest absolute Gasteiger partial charge is 0.255 e. The topological polar surface area (TPSA) is 79.3 Å². The van der Waals surface area contributed by atoms with E-state index in [2.05, 4.69) is 26.7 Å². The first-order chi connectivity index (χ1) is 19.7. The first-order valence-corrected chi connectivity index (χ1v) is 13.9. The summed E-state index contributed by atoms with van der Waals surface area (Å²) in [6, 6.07) is 5.35. The Labute approximate surface area is 238 Å². The van der Waals surface area contributed by atoms with Gasteiger partial charge in [0.1, 0.15) is 11.9 Å². The van der Waals surface area contributed by atoms with E-state index in [-0.39, 0.29) is 29.1 Å². The van der Waals surface area contributed by atoms with Gasteiger partial charge >= 0.3 is 0 Å². The van der Waals surface area contributed by atoms with E-state index in [1.807, 2.05) is 32.2 Å². The van der Waals surface area contributed by atoms with Crippen LogP contribution in [-0.2, 0) is 0 Å². The van der Waals surface area contributed by atoms with E-state index in [0.717, 1.165) is 30.6 Å². The standard InChI is InChI=1S/C32H33F2N5O2/c1-19-7-8-21(30(40)36-32(14-15-32)25-6-4-5-16-38(25)3)18-24(19)23-13-17-39-29(27(23)34)26(31(41)35-2)28(37-39)20-9-11-22(33)12-10-20/h4-11,13,17-18,22-23,27H,12,14-16H2,1-3H3,(H,35,41)(H,36,40). The zero-order valence-electron chi connectivity index (χ0n) is 23.3. The van der Waals surface area contributed by atoms with Gasteiger partial charge in [0.2, 0.25) is 0 Å². The number of carbonyl (C=O) groups excluding carboxylic acids is 2. The molecule has 0 spiro atoms. The summed E-state index contributed by atoms with van der Waals surface area (Å²) in [7, 11) is 3.50. The third kappa shape index (κ3) is 4.73. The SMILES string of the molecule is CNC(=O)c1c(C2=CCC(F)C=C2)nn2c1C(F)C(c1cc(C(=O)NC3(C4=CC=CCN4C)CC3)ccc1C)C=C2. The number of fused-ring (bicyclic) bond motifs is 1. The third-order valence-electron chi connectivity index (χ3n) is 8.41. The average Bonchev–Trinajstić information content (AvgIpc) is 3.63. The number of allylic oxidation sites excluding steroid dienone is 7. The summed E-state index contributed by atoms with van der Waals surface area (Å²) in [5, 5.41) is 10.4. The Bertz CT molecular complexity index is 1580. The number of alkyl halides is 2. The van der Waals surface area contributed by atoms with Gasteiger partial charge in [0.25, 0.3) is 11.8 Å². The van der Waals surface area contributed by atoms with Gasteiger partial charge in [0.05, 0.1) is 16.8 Å². The molecule has 3 atom stereocenters. The molecule has 2 amide bonds. The fraction of sp³-hybridized carbons (Fsp3) is 0.344. The van der Waals surface area contributed by atoms with Crippen LogP contribution in [0.1, 0.15) is 74.6 Å². The van der Waals surface area contributed by atoms with Crippen molar-refractivity contribution in [2.75, 3.05) is 20.6 Å². The lowest BCUT2D eigenvalue weighted by Crippen LogP contribution is -2.43. The van der Waals surface area contributed by atoms with Crippen molar-refractivity contribution in [1.29, 1.82) is 0 Å². The van der Waals surface area contributed by atoms with Gasteiger partial charge in [-0.25, -0.2) is 13.5 Å². The predicted octanol–water partition coefficient (Wildman–Crippen LogP) is 5.16. The van der Waals surface area contributed by atoms with Crippen LogP contribution < -0.4 is 10.6 Å². The molecule has 4 aliphatic rings. The zero-order chi connectivity index (χ0) is 28.9. The van der Waals surface area contributed by atoms with Gasteiger partial charge in [0, 0.05) is 50.4 Å². The van der Waals surface area contributed by atoms with E-state index >= 15 is 4.39 Å². The number of aryl methyl sites for hydroxylation is 1.